The molecule has 21 heavy (non-hydrogen) atoms. The van der Waals surface area contributed by atoms with E-state index in [1.165, 1.54) is 20.3 Å². The maximum Gasteiger partial charge on any atom is 0.325 e. The van der Waals surface area contributed by atoms with Crippen LogP contribution in [0.5, 0.6) is 0 Å². The molecular weight excluding hydrogens is 268 g/mol. The first-order valence-corrected chi connectivity index (χ1v) is 6.36. The molecule has 0 bridgehead atoms. The Morgan fingerprint density at radius 3 is 2.19 bits per heavy atom. The number of allylic oxidation sites excluding steroid dienone is 1. The van der Waals surface area contributed by atoms with Gasteiger partial charge in [-0.05, 0) is 5.56 Å². The molecular formula is C17H18O4. The molecule has 0 aliphatic heterocycles. The average molecular weight is 286 g/mol. The number of carbonyl (C=O) groups excluding carboxylic acids is 2. The number of hydrogen-bond donors (Lipinski definition) is 0. The predicted octanol–water partition coefficient (Wildman–Crippen LogP) is 2.31. The molecule has 1 rings (SSSR count). The fourth-order valence-corrected chi connectivity index (χ4v) is 2.40. The predicted molar refractivity (Wildman–Crippen MR) is 79.3 cm³/mol. The van der Waals surface area contributed by atoms with Gasteiger partial charge in [-0.2, -0.15) is 0 Å². The Kier molecular flexibility index (Phi) is 5.74. The lowest BCUT2D eigenvalue weighted by Gasteiger charge is -2.33. The van der Waals surface area contributed by atoms with Crippen LogP contribution in [0, 0.1) is 17.8 Å². The topological polar surface area (TPSA) is 52.6 Å². The van der Waals surface area contributed by atoms with Crippen LogP contribution in [0.1, 0.15) is 17.9 Å². The molecule has 0 unspecified atom stereocenters. The van der Waals surface area contributed by atoms with E-state index in [4.69, 9.17) is 15.9 Å². The number of benzene rings is 1. The minimum Gasteiger partial charge on any atom is -0.468 e. The Morgan fingerprint density at radius 2 is 1.81 bits per heavy atom. The van der Waals surface area contributed by atoms with Gasteiger partial charge in [0.15, 0.2) is 5.41 Å². The second kappa shape index (κ2) is 7.30. The van der Waals surface area contributed by atoms with Gasteiger partial charge >= 0.3 is 11.9 Å². The molecule has 0 saturated carbocycles. The van der Waals surface area contributed by atoms with Gasteiger partial charge in [0.2, 0.25) is 0 Å². The molecule has 1 aromatic carbocycles. The summed E-state index contributed by atoms with van der Waals surface area (Å²) in [6.07, 6.45) is 6.74. The van der Waals surface area contributed by atoms with Gasteiger partial charge in [0, 0.05) is 12.3 Å². The fraction of sp³-hybridized carbons (Fsp3) is 0.294. The van der Waals surface area contributed by atoms with Crippen molar-refractivity contribution in [1.29, 1.82) is 0 Å². The molecule has 0 fully saturated rings. The van der Waals surface area contributed by atoms with Crippen LogP contribution in [-0.4, -0.2) is 26.2 Å². The van der Waals surface area contributed by atoms with E-state index < -0.39 is 23.3 Å². The number of rotatable bonds is 6. The van der Waals surface area contributed by atoms with Gasteiger partial charge in [0.25, 0.3) is 0 Å². The molecule has 110 valence electrons. The summed E-state index contributed by atoms with van der Waals surface area (Å²) in [7, 11) is 2.42. The van der Waals surface area contributed by atoms with Crippen LogP contribution in [0.25, 0.3) is 0 Å². The molecule has 1 atom stereocenters. The first kappa shape index (κ1) is 16.5. The summed E-state index contributed by atoms with van der Waals surface area (Å²) in [6.45, 7) is 3.73. The molecule has 0 aromatic heterocycles. The van der Waals surface area contributed by atoms with Crippen LogP contribution in [-0.2, 0) is 19.1 Å². The third-order valence-electron chi connectivity index (χ3n) is 3.41. The van der Waals surface area contributed by atoms with E-state index >= 15 is 0 Å². The quantitative estimate of drug-likeness (QED) is 0.348. The molecule has 1 aromatic rings. The van der Waals surface area contributed by atoms with E-state index in [0.717, 1.165) is 5.56 Å². The van der Waals surface area contributed by atoms with Gasteiger partial charge in [0.05, 0.1) is 14.2 Å². The molecule has 0 radical (unpaired) electrons. The zero-order chi connectivity index (χ0) is 15.9. The van der Waals surface area contributed by atoms with Crippen molar-refractivity contribution in [3.05, 3.63) is 48.6 Å². The highest BCUT2D eigenvalue weighted by Gasteiger charge is 2.53. The monoisotopic (exact) mass is 286 g/mol. The first-order valence-electron chi connectivity index (χ1n) is 6.36. The van der Waals surface area contributed by atoms with Crippen LogP contribution < -0.4 is 0 Å². The zero-order valence-electron chi connectivity index (χ0n) is 12.2. The molecule has 0 heterocycles. The second-order valence-electron chi connectivity index (χ2n) is 4.46. The van der Waals surface area contributed by atoms with E-state index in [-0.39, 0.29) is 6.42 Å². The maximum absolute atomic E-state index is 12.3. The smallest absolute Gasteiger partial charge is 0.325 e. The summed E-state index contributed by atoms with van der Waals surface area (Å²) in [5, 5.41) is 0. The highest BCUT2D eigenvalue weighted by atomic mass is 16.5. The lowest BCUT2D eigenvalue weighted by Crippen LogP contribution is -2.45. The van der Waals surface area contributed by atoms with Crippen molar-refractivity contribution in [3.63, 3.8) is 0 Å². The Bertz CT molecular complexity index is 538. The minimum atomic E-state index is -1.64. The molecule has 0 aliphatic carbocycles. The average Bonchev–Trinajstić information content (AvgIpc) is 2.54. The van der Waals surface area contributed by atoms with Crippen molar-refractivity contribution >= 4 is 11.9 Å². The van der Waals surface area contributed by atoms with E-state index in [0.29, 0.717) is 0 Å². The summed E-state index contributed by atoms with van der Waals surface area (Å²) < 4.78 is 9.62. The Hall–Kier alpha value is -2.54. The van der Waals surface area contributed by atoms with Crippen LogP contribution in [0.2, 0.25) is 0 Å². The lowest BCUT2D eigenvalue weighted by atomic mass is 9.69. The Morgan fingerprint density at radius 1 is 1.29 bits per heavy atom. The molecule has 4 heteroatoms. The summed E-state index contributed by atoms with van der Waals surface area (Å²) in [5.41, 5.74) is -0.903. The Labute approximate surface area is 124 Å². The van der Waals surface area contributed by atoms with Gasteiger partial charge < -0.3 is 9.47 Å². The van der Waals surface area contributed by atoms with Crippen molar-refractivity contribution in [2.75, 3.05) is 14.2 Å². The summed E-state index contributed by atoms with van der Waals surface area (Å²) >= 11 is 0. The summed E-state index contributed by atoms with van der Waals surface area (Å²) in [5.74, 6) is 0.260. The van der Waals surface area contributed by atoms with Gasteiger partial charge in [-0.15, -0.1) is 18.9 Å². The highest BCUT2D eigenvalue weighted by molar-refractivity contribution is 6.02. The summed E-state index contributed by atoms with van der Waals surface area (Å²) in [6, 6.07) is 9.04. The molecule has 0 spiro atoms. The molecule has 0 N–H and O–H groups in total. The number of terminal acetylenes is 1. The third kappa shape index (κ3) is 2.97. The molecule has 0 saturated heterocycles. The van der Waals surface area contributed by atoms with Crippen LogP contribution in [0.4, 0.5) is 0 Å². The molecule has 4 nitrogen and oxygen atoms in total. The second-order valence-corrected chi connectivity index (χ2v) is 4.46. The van der Waals surface area contributed by atoms with E-state index in [2.05, 4.69) is 12.5 Å². The normalized spacial score (nSPS) is 11.9. The zero-order valence-corrected chi connectivity index (χ0v) is 12.2. The van der Waals surface area contributed by atoms with E-state index in [1.807, 2.05) is 6.07 Å². The fourth-order valence-electron chi connectivity index (χ4n) is 2.40. The first-order chi connectivity index (χ1) is 10.1. The maximum atomic E-state index is 12.3. The molecule has 0 amide bonds. The third-order valence-corrected chi connectivity index (χ3v) is 3.41. The van der Waals surface area contributed by atoms with E-state index in [9.17, 15) is 9.59 Å². The number of carbonyl (C=O) groups is 2. The highest BCUT2D eigenvalue weighted by Crippen LogP contribution is 2.42. The van der Waals surface area contributed by atoms with Crippen LogP contribution in [0.15, 0.2) is 43.0 Å². The number of esters is 2. The SMILES string of the molecule is C#CCC(C(=O)OC)(C(=O)OC)[C@@H](C=C)c1ccccc1. The van der Waals surface area contributed by atoms with Gasteiger partial charge in [0.1, 0.15) is 0 Å². The molecule has 0 aliphatic rings. The Balaban J connectivity index is 3.52. The number of hydrogen-bond acceptors (Lipinski definition) is 4. The van der Waals surface area contributed by atoms with Gasteiger partial charge in [-0.1, -0.05) is 36.4 Å². The largest absolute Gasteiger partial charge is 0.468 e. The van der Waals surface area contributed by atoms with Crippen molar-refractivity contribution in [1.82, 2.24) is 0 Å². The van der Waals surface area contributed by atoms with Crippen molar-refractivity contribution < 1.29 is 19.1 Å². The minimum absolute atomic E-state index is 0.141. The van der Waals surface area contributed by atoms with Crippen molar-refractivity contribution in [2.24, 2.45) is 5.41 Å². The van der Waals surface area contributed by atoms with Crippen molar-refractivity contribution in [2.45, 2.75) is 12.3 Å². The van der Waals surface area contributed by atoms with Crippen LogP contribution in [0.3, 0.4) is 0 Å². The van der Waals surface area contributed by atoms with Crippen molar-refractivity contribution in [3.8, 4) is 12.3 Å². The number of ether oxygens (including phenoxy) is 2. The number of methoxy groups -OCH3 is 2. The lowest BCUT2D eigenvalue weighted by molar-refractivity contribution is -0.169. The standard InChI is InChI=1S/C17H18O4/c1-5-12-17(15(18)20-3,16(19)21-4)14(6-2)13-10-8-7-9-11-13/h1,6-11,14H,2,12H2,3-4H3/t14-/m0/s1. The van der Waals surface area contributed by atoms with Gasteiger partial charge in [-0.3, -0.25) is 9.59 Å². The van der Waals surface area contributed by atoms with E-state index in [1.54, 1.807) is 24.3 Å². The summed E-state index contributed by atoms with van der Waals surface area (Å²) in [4.78, 5) is 24.7. The van der Waals surface area contributed by atoms with Crippen LogP contribution >= 0.6 is 0 Å². The van der Waals surface area contributed by atoms with Gasteiger partial charge in [-0.25, -0.2) is 0 Å².